The number of carboxylic acid groups (broad SMARTS) is 1. The number of carbonyl (C=O) groups is 1. The Labute approximate surface area is 178 Å². The van der Waals surface area contributed by atoms with Crippen LogP contribution in [0.1, 0.15) is 61.3 Å². The zero-order valence-corrected chi connectivity index (χ0v) is 17.2. The van der Waals surface area contributed by atoms with Crippen LogP contribution in [0.3, 0.4) is 0 Å². The van der Waals surface area contributed by atoms with Gasteiger partial charge >= 0.3 is 5.97 Å². The predicted octanol–water partition coefficient (Wildman–Crippen LogP) is 7.69. The zero-order chi connectivity index (χ0) is 20.7. The van der Waals surface area contributed by atoms with E-state index in [9.17, 15) is 4.79 Å². The van der Waals surface area contributed by atoms with Gasteiger partial charge in [-0.15, -0.1) is 0 Å². The third-order valence-electron chi connectivity index (χ3n) is 3.33. The fraction of sp³-hybridized carbons (Fsp3) is 0.308. The molecule has 0 aliphatic rings. The zero-order valence-electron chi connectivity index (χ0n) is 17.2. The Morgan fingerprint density at radius 1 is 0.690 bits per heavy atom. The quantitative estimate of drug-likeness (QED) is 0.458. The molecule has 0 aliphatic heterocycles. The summed E-state index contributed by atoms with van der Waals surface area (Å²) in [5, 5.41) is 8.48. The van der Waals surface area contributed by atoms with Crippen LogP contribution in [0.15, 0.2) is 73.1 Å². The third-order valence-corrected chi connectivity index (χ3v) is 3.33. The van der Waals surface area contributed by atoms with Gasteiger partial charge in [-0.05, 0) is 51.5 Å². The maximum absolute atomic E-state index is 10.3. The smallest absolute Gasteiger partial charge is 0.335 e. The molecular formula is C26H39NO2. The standard InChI is InChI=1S/C8H8O2.C8H10.C6H7N.C2H6.2CH4/c1-6-2-4-7(5-3-6)8(9)10;1-7-3-5-8(2)6-4-7;1-6-3-2-4-7-5-6;1-2;;/h2-5H,1H3,(H,9,10);3-6H,1-2H3;2-5H,1H3;1-2H3;2*1H4. The molecule has 29 heavy (non-hydrogen) atoms. The fourth-order valence-electron chi connectivity index (χ4n) is 1.78. The van der Waals surface area contributed by atoms with Gasteiger partial charge in [-0.25, -0.2) is 4.79 Å². The number of rotatable bonds is 1. The molecule has 0 spiro atoms. The van der Waals surface area contributed by atoms with E-state index in [2.05, 4.69) is 43.1 Å². The highest BCUT2D eigenvalue weighted by molar-refractivity contribution is 5.87. The molecule has 0 radical (unpaired) electrons. The average molecular weight is 398 g/mol. The molecule has 3 aromatic rings. The van der Waals surface area contributed by atoms with E-state index in [1.54, 1.807) is 30.5 Å². The van der Waals surface area contributed by atoms with Gasteiger partial charge in [0.25, 0.3) is 0 Å². The van der Waals surface area contributed by atoms with E-state index in [-0.39, 0.29) is 14.9 Å². The van der Waals surface area contributed by atoms with E-state index in [0.717, 1.165) is 5.56 Å². The van der Waals surface area contributed by atoms with Crippen LogP contribution in [0.25, 0.3) is 0 Å². The van der Waals surface area contributed by atoms with Crippen molar-refractivity contribution < 1.29 is 9.90 Å². The highest BCUT2D eigenvalue weighted by Crippen LogP contribution is 2.02. The van der Waals surface area contributed by atoms with Crippen LogP contribution >= 0.6 is 0 Å². The lowest BCUT2D eigenvalue weighted by molar-refractivity contribution is 0.0697. The van der Waals surface area contributed by atoms with Crippen LogP contribution in [0.5, 0.6) is 0 Å². The largest absolute Gasteiger partial charge is 0.478 e. The van der Waals surface area contributed by atoms with E-state index >= 15 is 0 Å². The molecule has 0 bridgehead atoms. The summed E-state index contributed by atoms with van der Waals surface area (Å²) in [7, 11) is 0. The summed E-state index contributed by atoms with van der Waals surface area (Å²) in [6.45, 7) is 12.1. The van der Waals surface area contributed by atoms with E-state index < -0.39 is 5.97 Å². The Bertz CT molecular complexity index is 728. The van der Waals surface area contributed by atoms with Crippen molar-refractivity contribution in [1.82, 2.24) is 4.98 Å². The summed E-state index contributed by atoms with van der Waals surface area (Å²) in [6.07, 6.45) is 3.60. The van der Waals surface area contributed by atoms with Gasteiger partial charge in [0, 0.05) is 12.4 Å². The Morgan fingerprint density at radius 2 is 1.07 bits per heavy atom. The van der Waals surface area contributed by atoms with Crippen LogP contribution < -0.4 is 0 Å². The monoisotopic (exact) mass is 397 g/mol. The summed E-state index contributed by atoms with van der Waals surface area (Å²) < 4.78 is 0. The topological polar surface area (TPSA) is 50.2 Å². The van der Waals surface area contributed by atoms with Crippen LogP contribution in [-0.4, -0.2) is 16.1 Å². The van der Waals surface area contributed by atoms with Gasteiger partial charge in [-0.2, -0.15) is 0 Å². The lowest BCUT2D eigenvalue weighted by Gasteiger charge is -1.92. The minimum atomic E-state index is -0.875. The Kier molecular flexibility index (Phi) is 19.6. The first-order valence-electron chi connectivity index (χ1n) is 9.08. The number of carboxylic acids is 1. The Morgan fingerprint density at radius 3 is 1.31 bits per heavy atom. The molecule has 3 heteroatoms. The SMILES string of the molecule is C.C.CC.Cc1ccc(C(=O)O)cc1.Cc1ccc(C)cc1.Cc1cccnc1. The Hall–Kier alpha value is -2.94. The number of pyridine rings is 1. The number of aromatic nitrogens is 1. The third kappa shape index (κ3) is 15.8. The maximum atomic E-state index is 10.3. The van der Waals surface area contributed by atoms with E-state index in [0.29, 0.717) is 5.56 Å². The summed E-state index contributed by atoms with van der Waals surface area (Å²) in [4.78, 5) is 14.2. The van der Waals surface area contributed by atoms with Gasteiger partial charge in [-0.1, -0.05) is 87.9 Å². The molecule has 0 amide bonds. The maximum Gasteiger partial charge on any atom is 0.335 e. The summed E-state index contributed by atoms with van der Waals surface area (Å²) in [5.74, 6) is -0.875. The van der Waals surface area contributed by atoms with Crippen molar-refractivity contribution in [3.05, 3.63) is 101 Å². The molecule has 0 fully saturated rings. The van der Waals surface area contributed by atoms with Crippen molar-refractivity contribution in [2.75, 3.05) is 0 Å². The van der Waals surface area contributed by atoms with Gasteiger partial charge < -0.3 is 5.11 Å². The first-order valence-corrected chi connectivity index (χ1v) is 9.08. The van der Waals surface area contributed by atoms with E-state index in [4.69, 9.17) is 5.11 Å². The summed E-state index contributed by atoms with van der Waals surface area (Å²) in [5.41, 5.74) is 5.28. The van der Waals surface area contributed by atoms with Crippen molar-refractivity contribution in [3.63, 3.8) is 0 Å². The van der Waals surface area contributed by atoms with Gasteiger partial charge in [0.2, 0.25) is 0 Å². The highest BCUT2D eigenvalue weighted by atomic mass is 16.4. The molecule has 3 rings (SSSR count). The van der Waals surface area contributed by atoms with Crippen molar-refractivity contribution >= 4 is 5.97 Å². The lowest BCUT2D eigenvalue weighted by Crippen LogP contribution is -1.94. The van der Waals surface area contributed by atoms with Crippen LogP contribution in [-0.2, 0) is 0 Å². The van der Waals surface area contributed by atoms with Crippen molar-refractivity contribution in [1.29, 1.82) is 0 Å². The molecule has 0 saturated heterocycles. The molecular weight excluding hydrogens is 358 g/mol. The summed E-state index contributed by atoms with van der Waals surface area (Å²) in [6, 6.07) is 19.2. The number of hydrogen-bond donors (Lipinski definition) is 1. The molecule has 3 nitrogen and oxygen atoms in total. The van der Waals surface area contributed by atoms with Gasteiger partial charge in [0.05, 0.1) is 5.56 Å². The minimum absolute atomic E-state index is 0. The molecule has 1 aromatic heterocycles. The molecule has 2 aromatic carbocycles. The number of aromatic carboxylic acids is 1. The molecule has 160 valence electrons. The number of hydrogen-bond acceptors (Lipinski definition) is 2. The molecule has 0 aliphatic carbocycles. The molecule has 1 N–H and O–H groups in total. The van der Waals surface area contributed by atoms with E-state index in [1.807, 2.05) is 46.0 Å². The van der Waals surface area contributed by atoms with E-state index in [1.165, 1.54) is 16.7 Å². The minimum Gasteiger partial charge on any atom is -0.478 e. The normalized spacial score (nSPS) is 8.07. The second kappa shape index (κ2) is 18.4. The second-order valence-corrected chi connectivity index (χ2v) is 5.86. The number of benzene rings is 2. The fourth-order valence-corrected chi connectivity index (χ4v) is 1.78. The van der Waals surface area contributed by atoms with Crippen molar-refractivity contribution in [2.24, 2.45) is 0 Å². The molecule has 1 heterocycles. The predicted molar refractivity (Wildman–Crippen MR) is 128 cm³/mol. The number of nitrogens with zero attached hydrogens (tertiary/aromatic N) is 1. The van der Waals surface area contributed by atoms with Crippen molar-refractivity contribution in [3.8, 4) is 0 Å². The Balaban J connectivity index is -0.000000328. The second-order valence-electron chi connectivity index (χ2n) is 5.86. The van der Waals surface area contributed by atoms with Crippen LogP contribution in [0.4, 0.5) is 0 Å². The lowest BCUT2D eigenvalue weighted by atomic mass is 10.2. The van der Waals surface area contributed by atoms with Gasteiger partial charge in [-0.3, -0.25) is 4.98 Å². The van der Waals surface area contributed by atoms with Crippen LogP contribution in [0, 0.1) is 27.7 Å². The first kappa shape index (κ1) is 30.8. The number of aryl methyl sites for hydroxylation is 4. The highest BCUT2D eigenvalue weighted by Gasteiger charge is 1.98. The molecule has 0 saturated carbocycles. The van der Waals surface area contributed by atoms with Gasteiger partial charge in [0.1, 0.15) is 0 Å². The van der Waals surface area contributed by atoms with Gasteiger partial charge in [0.15, 0.2) is 0 Å². The summed E-state index contributed by atoms with van der Waals surface area (Å²) >= 11 is 0. The first-order chi connectivity index (χ1) is 12.9. The molecule has 0 atom stereocenters. The van der Waals surface area contributed by atoms with Crippen LogP contribution in [0.2, 0.25) is 0 Å². The molecule has 0 unspecified atom stereocenters. The van der Waals surface area contributed by atoms with Crippen molar-refractivity contribution in [2.45, 2.75) is 56.4 Å². The average Bonchev–Trinajstić information content (AvgIpc) is 2.68.